The van der Waals surface area contributed by atoms with Gasteiger partial charge in [0.05, 0.1) is 19.3 Å². The van der Waals surface area contributed by atoms with Crippen LogP contribution in [0.4, 0.5) is 9.18 Å². The van der Waals surface area contributed by atoms with Gasteiger partial charge in [-0.3, -0.25) is 14.4 Å². The summed E-state index contributed by atoms with van der Waals surface area (Å²) >= 11 is 0. The highest BCUT2D eigenvalue weighted by Gasteiger charge is 2.31. The third-order valence-corrected chi connectivity index (χ3v) is 5.39. The van der Waals surface area contributed by atoms with Gasteiger partial charge >= 0.3 is 6.09 Å². The molecule has 0 fully saturated rings. The number of nitrogens with zero attached hydrogens (tertiary/aromatic N) is 2. The summed E-state index contributed by atoms with van der Waals surface area (Å²) in [6.07, 6.45) is -2.53. The predicted octanol–water partition coefficient (Wildman–Crippen LogP) is 0.337. The third kappa shape index (κ3) is 9.12. The summed E-state index contributed by atoms with van der Waals surface area (Å²) in [4.78, 5) is 50.2. The van der Waals surface area contributed by atoms with E-state index in [1.165, 1.54) is 32.2 Å². The molecule has 0 unspecified atom stereocenters. The zero-order valence-electron chi connectivity index (χ0n) is 21.5. The first kappa shape index (κ1) is 30.2. The number of ether oxygens (including phenoxy) is 1. The summed E-state index contributed by atoms with van der Waals surface area (Å²) in [5, 5.41) is 29.9. The molecule has 208 valence electrons. The molecule has 1 aromatic carbocycles. The number of hydrogen-bond donors (Lipinski definition) is 5. The number of likely N-dealkylation sites (N-methyl/N-ethyl adjacent to an activating group) is 1. The Labute approximate surface area is 218 Å². The van der Waals surface area contributed by atoms with Crippen molar-refractivity contribution < 1.29 is 43.0 Å². The number of carbonyl (C=O) groups excluding carboxylic acids is 3. The van der Waals surface area contributed by atoms with Crippen molar-refractivity contribution in [3.8, 4) is 0 Å². The van der Waals surface area contributed by atoms with E-state index in [1.807, 2.05) is 0 Å². The van der Waals surface area contributed by atoms with Crippen LogP contribution < -0.4 is 16.0 Å². The third-order valence-electron chi connectivity index (χ3n) is 5.39. The van der Waals surface area contributed by atoms with Gasteiger partial charge in [-0.15, -0.1) is 0 Å². The summed E-state index contributed by atoms with van der Waals surface area (Å²) in [6.45, 7) is 3.92. The Morgan fingerprint density at radius 3 is 2.45 bits per heavy atom. The molecule has 0 aliphatic carbocycles. The van der Waals surface area contributed by atoms with Crippen molar-refractivity contribution >= 4 is 23.8 Å². The van der Waals surface area contributed by atoms with Crippen molar-refractivity contribution in [2.75, 3.05) is 26.8 Å². The molecular weight excluding hydrogens is 505 g/mol. The largest absolute Gasteiger partial charge is 0.465 e. The number of aryl methyl sites for hydroxylation is 2. The quantitative estimate of drug-likeness (QED) is 0.225. The van der Waals surface area contributed by atoms with E-state index in [4.69, 9.17) is 14.4 Å². The average molecular weight is 538 g/mol. The number of halogens is 1. The minimum Gasteiger partial charge on any atom is -0.465 e. The SMILES string of the molecule is Cc1ccc(CNC(=O)[C@H](COCCN(C)C(=O)O)NC(=O)[C@@H](NC(=O)c2cc(C)on2)[C@@H](C)O)c(F)c1. The van der Waals surface area contributed by atoms with Crippen LogP contribution in [0.25, 0.3) is 0 Å². The fraction of sp³-hybridized carbons (Fsp3) is 0.458. The Kier molecular flexibility index (Phi) is 11.2. The molecule has 38 heavy (non-hydrogen) atoms. The minimum atomic E-state index is -1.47. The number of carbonyl (C=O) groups is 4. The zero-order chi connectivity index (χ0) is 28.4. The highest BCUT2D eigenvalue weighted by molar-refractivity contribution is 5.97. The van der Waals surface area contributed by atoms with Crippen LogP contribution in [0.2, 0.25) is 0 Å². The van der Waals surface area contributed by atoms with Crippen LogP contribution in [0, 0.1) is 19.7 Å². The van der Waals surface area contributed by atoms with Gasteiger partial charge in [0.1, 0.15) is 23.7 Å². The van der Waals surface area contributed by atoms with Gasteiger partial charge in [0, 0.05) is 31.8 Å². The van der Waals surface area contributed by atoms with Gasteiger partial charge in [-0.1, -0.05) is 17.3 Å². The molecule has 3 atom stereocenters. The monoisotopic (exact) mass is 537 g/mol. The second-order valence-corrected chi connectivity index (χ2v) is 8.67. The summed E-state index contributed by atoms with van der Waals surface area (Å²) < 4.78 is 24.4. The van der Waals surface area contributed by atoms with E-state index >= 15 is 0 Å². The van der Waals surface area contributed by atoms with Crippen molar-refractivity contribution in [2.24, 2.45) is 0 Å². The normalized spacial score (nSPS) is 13.2. The number of nitrogens with one attached hydrogen (secondary N) is 3. The average Bonchev–Trinajstić information content (AvgIpc) is 3.29. The summed E-state index contributed by atoms with van der Waals surface area (Å²) in [5.74, 6) is -2.57. The number of aromatic nitrogens is 1. The van der Waals surface area contributed by atoms with Crippen molar-refractivity contribution in [1.29, 1.82) is 0 Å². The van der Waals surface area contributed by atoms with Gasteiger partial charge in [-0.25, -0.2) is 9.18 Å². The predicted molar refractivity (Wildman–Crippen MR) is 131 cm³/mol. The molecule has 14 heteroatoms. The number of benzene rings is 1. The molecule has 0 aliphatic heterocycles. The molecular formula is C24H32FN5O8. The fourth-order valence-corrected chi connectivity index (χ4v) is 3.14. The lowest BCUT2D eigenvalue weighted by atomic mass is 10.1. The summed E-state index contributed by atoms with van der Waals surface area (Å²) in [6, 6.07) is 3.06. The fourth-order valence-electron chi connectivity index (χ4n) is 3.14. The lowest BCUT2D eigenvalue weighted by Crippen LogP contribution is -2.58. The molecule has 1 heterocycles. The minimum absolute atomic E-state index is 0.00430. The van der Waals surface area contributed by atoms with Gasteiger partial charge in [-0.05, 0) is 32.4 Å². The maximum Gasteiger partial charge on any atom is 0.407 e. The standard InChI is InChI=1S/C24H32FN5O8/c1-13-5-6-16(17(25)9-13)11-26-21(32)19(12-37-8-7-30(4)24(35)36)27-23(34)20(15(3)31)28-22(33)18-10-14(2)38-29-18/h5-6,9-10,15,19-20,31H,7-8,11-12H2,1-4H3,(H,26,32)(H,27,34)(H,28,33)(H,35,36)/t15-,19+,20+/m1/s1. The molecule has 0 radical (unpaired) electrons. The Bertz CT molecular complexity index is 1140. The van der Waals surface area contributed by atoms with E-state index in [2.05, 4.69) is 21.1 Å². The van der Waals surface area contributed by atoms with Crippen LogP contribution in [0.3, 0.4) is 0 Å². The van der Waals surface area contributed by atoms with Crippen molar-refractivity contribution in [2.45, 2.75) is 45.5 Å². The molecule has 0 spiro atoms. The second-order valence-electron chi connectivity index (χ2n) is 8.67. The Morgan fingerprint density at radius 2 is 1.87 bits per heavy atom. The van der Waals surface area contributed by atoms with Gasteiger partial charge in [-0.2, -0.15) is 0 Å². The highest BCUT2D eigenvalue weighted by Crippen LogP contribution is 2.10. The van der Waals surface area contributed by atoms with E-state index in [9.17, 15) is 28.7 Å². The van der Waals surface area contributed by atoms with Crippen LogP contribution in [-0.4, -0.2) is 89.1 Å². The molecule has 13 nitrogen and oxygen atoms in total. The summed E-state index contributed by atoms with van der Waals surface area (Å²) in [5.41, 5.74) is 0.811. The Hall–Kier alpha value is -4.04. The molecule has 0 bridgehead atoms. The molecule has 2 rings (SSSR count). The number of carboxylic acid groups (broad SMARTS) is 1. The molecule has 0 saturated heterocycles. The van der Waals surface area contributed by atoms with Gasteiger partial charge < -0.3 is 40.3 Å². The molecule has 2 aromatic rings. The topological polar surface area (TPSA) is 183 Å². The molecule has 4 amide bonds. The molecule has 1 aromatic heterocycles. The van der Waals surface area contributed by atoms with E-state index in [0.29, 0.717) is 11.3 Å². The number of amides is 4. The van der Waals surface area contributed by atoms with Crippen LogP contribution in [-0.2, 0) is 20.9 Å². The van der Waals surface area contributed by atoms with Crippen molar-refractivity contribution in [3.63, 3.8) is 0 Å². The molecule has 0 saturated carbocycles. The lowest BCUT2D eigenvalue weighted by molar-refractivity contribution is -0.132. The first-order valence-electron chi connectivity index (χ1n) is 11.7. The van der Waals surface area contributed by atoms with Crippen molar-refractivity contribution in [1.82, 2.24) is 26.0 Å². The number of aliphatic hydroxyl groups excluding tert-OH is 1. The van der Waals surface area contributed by atoms with Crippen molar-refractivity contribution in [3.05, 3.63) is 52.7 Å². The van der Waals surface area contributed by atoms with E-state index < -0.39 is 47.8 Å². The number of aliphatic hydroxyl groups is 1. The molecule has 0 aliphatic rings. The first-order chi connectivity index (χ1) is 17.9. The Morgan fingerprint density at radius 1 is 1.16 bits per heavy atom. The van der Waals surface area contributed by atoms with Crippen LogP contribution >= 0.6 is 0 Å². The molecule has 5 N–H and O–H groups in total. The Balaban J connectivity index is 2.10. The first-order valence-corrected chi connectivity index (χ1v) is 11.7. The van der Waals surface area contributed by atoms with E-state index in [1.54, 1.807) is 19.9 Å². The highest BCUT2D eigenvalue weighted by atomic mass is 19.1. The van der Waals surface area contributed by atoms with Gasteiger partial charge in [0.2, 0.25) is 11.8 Å². The number of rotatable bonds is 13. The summed E-state index contributed by atoms with van der Waals surface area (Å²) in [7, 11) is 1.33. The smallest absolute Gasteiger partial charge is 0.407 e. The lowest BCUT2D eigenvalue weighted by Gasteiger charge is -2.24. The van der Waals surface area contributed by atoms with E-state index in [-0.39, 0.29) is 37.6 Å². The second kappa shape index (κ2) is 14.0. The van der Waals surface area contributed by atoms with Crippen LogP contribution in [0.5, 0.6) is 0 Å². The van der Waals surface area contributed by atoms with Gasteiger partial charge in [0.15, 0.2) is 5.69 Å². The zero-order valence-corrected chi connectivity index (χ0v) is 21.5. The van der Waals surface area contributed by atoms with Crippen LogP contribution in [0.1, 0.15) is 34.3 Å². The van der Waals surface area contributed by atoms with E-state index in [0.717, 1.165) is 4.90 Å². The number of hydrogen-bond acceptors (Lipinski definition) is 8. The van der Waals surface area contributed by atoms with Crippen LogP contribution in [0.15, 0.2) is 28.8 Å². The van der Waals surface area contributed by atoms with Gasteiger partial charge in [0.25, 0.3) is 5.91 Å². The maximum absolute atomic E-state index is 14.2. The maximum atomic E-state index is 14.2.